The fourth-order valence-corrected chi connectivity index (χ4v) is 3.00. The molecule has 1 fully saturated rings. The van der Waals surface area contributed by atoms with E-state index in [0.29, 0.717) is 17.5 Å². The third-order valence-corrected chi connectivity index (χ3v) is 4.11. The van der Waals surface area contributed by atoms with E-state index in [2.05, 4.69) is 28.9 Å². The van der Waals surface area contributed by atoms with E-state index < -0.39 is 0 Å². The predicted octanol–water partition coefficient (Wildman–Crippen LogP) is 1.71. The summed E-state index contributed by atoms with van der Waals surface area (Å²) >= 11 is 5.19. The second-order valence-electron chi connectivity index (χ2n) is 5.27. The van der Waals surface area contributed by atoms with Gasteiger partial charge in [0.05, 0.1) is 11.3 Å². The lowest BCUT2D eigenvalue weighted by Gasteiger charge is -2.17. The van der Waals surface area contributed by atoms with E-state index in [-0.39, 0.29) is 0 Å². The van der Waals surface area contributed by atoms with Crippen molar-refractivity contribution in [2.75, 3.05) is 26.2 Å². The molecule has 0 bridgehead atoms. The van der Waals surface area contributed by atoms with Crippen molar-refractivity contribution in [3.63, 3.8) is 0 Å². The second kappa shape index (κ2) is 7.66. The second-order valence-corrected chi connectivity index (χ2v) is 5.71. The van der Waals surface area contributed by atoms with Crippen LogP contribution in [0.15, 0.2) is 0 Å². The smallest absolute Gasteiger partial charge is 0.244 e. The molecule has 0 amide bonds. The van der Waals surface area contributed by atoms with Gasteiger partial charge in [-0.3, -0.25) is 4.90 Å². The Balaban J connectivity index is 2.12. The summed E-state index contributed by atoms with van der Waals surface area (Å²) in [5, 5.41) is 8.44. The third-order valence-electron chi connectivity index (χ3n) is 3.91. The van der Waals surface area contributed by atoms with Gasteiger partial charge in [-0.25, -0.2) is 0 Å². The number of aromatic nitrogens is 2. The zero-order valence-corrected chi connectivity index (χ0v) is 13.7. The van der Waals surface area contributed by atoms with Gasteiger partial charge in [-0.1, -0.05) is 26.1 Å². The fraction of sp³-hybridized carbons (Fsp3) is 0.667. The molecular formula is C15H24N4OS. The quantitative estimate of drug-likeness (QED) is 0.774. The first-order valence-electron chi connectivity index (χ1n) is 7.70. The summed E-state index contributed by atoms with van der Waals surface area (Å²) in [4.78, 5) is 2.74. The van der Waals surface area contributed by atoms with Crippen molar-refractivity contribution in [2.45, 2.75) is 39.5 Å². The third kappa shape index (κ3) is 3.89. The van der Waals surface area contributed by atoms with Crippen molar-refractivity contribution in [3.05, 3.63) is 16.8 Å². The molecule has 2 N–H and O–H groups in total. The Hall–Kier alpha value is -1.27. The Morgan fingerprint density at radius 1 is 1.24 bits per heavy atom. The van der Waals surface area contributed by atoms with Crippen molar-refractivity contribution in [1.82, 2.24) is 15.1 Å². The highest BCUT2D eigenvalue weighted by atomic mass is 32.1. The lowest BCUT2D eigenvalue weighted by atomic mass is 10.0. The van der Waals surface area contributed by atoms with Crippen molar-refractivity contribution in [3.8, 4) is 5.88 Å². The Kier molecular flexibility index (Phi) is 5.87. The molecule has 0 spiro atoms. The molecule has 1 aliphatic rings. The number of thiocarbonyl (C=S) groups is 1. The van der Waals surface area contributed by atoms with Gasteiger partial charge in [-0.2, -0.15) is 5.10 Å². The van der Waals surface area contributed by atoms with Crippen LogP contribution >= 0.6 is 12.2 Å². The van der Waals surface area contributed by atoms with E-state index in [1.165, 1.54) is 12.8 Å². The van der Waals surface area contributed by atoms with Crippen LogP contribution in [0.1, 0.15) is 43.5 Å². The molecule has 0 atom stereocenters. The van der Waals surface area contributed by atoms with Crippen molar-refractivity contribution >= 4 is 17.2 Å². The van der Waals surface area contributed by atoms with E-state index in [1.807, 2.05) is 0 Å². The zero-order valence-electron chi connectivity index (χ0n) is 12.9. The van der Waals surface area contributed by atoms with Crippen LogP contribution in [0, 0.1) is 0 Å². The van der Waals surface area contributed by atoms with Crippen LogP contribution in [0.4, 0.5) is 0 Å². The Labute approximate surface area is 131 Å². The predicted molar refractivity (Wildman–Crippen MR) is 87.8 cm³/mol. The lowest BCUT2D eigenvalue weighted by Crippen LogP contribution is -2.26. The molecule has 2 heterocycles. The molecule has 2 rings (SSSR count). The maximum atomic E-state index is 5.88. The topological polar surface area (TPSA) is 64.3 Å². The van der Waals surface area contributed by atoms with Crippen molar-refractivity contribution in [1.29, 1.82) is 0 Å². The Morgan fingerprint density at radius 3 is 2.52 bits per heavy atom. The SMILES string of the molecule is CCc1nnc(OCCN2CCCC2)c(C(N)=S)c1CC. The van der Waals surface area contributed by atoms with Crippen LogP contribution in [0.25, 0.3) is 0 Å². The van der Waals surface area contributed by atoms with E-state index in [0.717, 1.165) is 49.3 Å². The van der Waals surface area contributed by atoms with E-state index in [1.54, 1.807) is 0 Å². The number of aryl methyl sites for hydroxylation is 1. The Bertz CT molecular complexity index is 501. The number of ether oxygens (including phenoxy) is 1. The number of rotatable bonds is 7. The van der Waals surface area contributed by atoms with Crippen LogP contribution in [0.2, 0.25) is 0 Å². The summed E-state index contributed by atoms with van der Waals surface area (Å²) in [6, 6.07) is 0. The van der Waals surface area contributed by atoms with Crippen LogP contribution < -0.4 is 10.5 Å². The largest absolute Gasteiger partial charge is 0.475 e. The summed E-state index contributed by atoms with van der Waals surface area (Å²) in [7, 11) is 0. The molecule has 5 nitrogen and oxygen atoms in total. The lowest BCUT2D eigenvalue weighted by molar-refractivity contribution is 0.229. The van der Waals surface area contributed by atoms with Crippen molar-refractivity contribution < 1.29 is 4.74 Å². The average molecular weight is 308 g/mol. The molecule has 1 saturated heterocycles. The fourth-order valence-electron chi connectivity index (χ4n) is 2.79. The minimum atomic E-state index is 0.340. The van der Waals surface area contributed by atoms with E-state index >= 15 is 0 Å². The monoisotopic (exact) mass is 308 g/mol. The molecule has 1 aromatic heterocycles. The molecule has 0 aliphatic carbocycles. The van der Waals surface area contributed by atoms with Gasteiger partial charge in [0.1, 0.15) is 11.6 Å². The maximum Gasteiger partial charge on any atom is 0.244 e. The standard InChI is InChI=1S/C15H24N4OS/c1-3-11-12(4-2)17-18-15(13(11)14(16)21)20-10-9-19-7-5-6-8-19/h3-10H2,1-2H3,(H2,16,21). The minimum Gasteiger partial charge on any atom is -0.475 e. The van der Waals surface area contributed by atoms with Gasteiger partial charge in [-0.15, -0.1) is 5.10 Å². The van der Waals surface area contributed by atoms with Crippen LogP contribution in [0.3, 0.4) is 0 Å². The molecule has 21 heavy (non-hydrogen) atoms. The molecule has 0 saturated carbocycles. The van der Waals surface area contributed by atoms with Crippen LogP contribution in [0.5, 0.6) is 5.88 Å². The first-order valence-corrected chi connectivity index (χ1v) is 8.11. The minimum absolute atomic E-state index is 0.340. The summed E-state index contributed by atoms with van der Waals surface area (Å²) < 4.78 is 5.82. The first kappa shape index (κ1) is 16.1. The van der Waals surface area contributed by atoms with Gasteiger partial charge in [0.25, 0.3) is 0 Å². The van der Waals surface area contributed by atoms with Gasteiger partial charge in [0, 0.05) is 6.54 Å². The normalized spacial score (nSPS) is 15.3. The molecule has 0 radical (unpaired) electrons. The highest BCUT2D eigenvalue weighted by Gasteiger charge is 2.18. The van der Waals surface area contributed by atoms with Gasteiger partial charge >= 0.3 is 0 Å². The highest BCUT2D eigenvalue weighted by Crippen LogP contribution is 2.22. The van der Waals surface area contributed by atoms with E-state index in [4.69, 9.17) is 22.7 Å². The number of hydrogen-bond donors (Lipinski definition) is 1. The van der Waals surface area contributed by atoms with Crippen molar-refractivity contribution in [2.24, 2.45) is 5.73 Å². The molecule has 6 heteroatoms. The van der Waals surface area contributed by atoms with Gasteiger partial charge in [-0.05, 0) is 44.3 Å². The average Bonchev–Trinajstić information content (AvgIpc) is 2.99. The summed E-state index contributed by atoms with van der Waals surface area (Å²) in [5.41, 5.74) is 8.66. The van der Waals surface area contributed by atoms with E-state index in [9.17, 15) is 0 Å². The highest BCUT2D eigenvalue weighted by molar-refractivity contribution is 7.80. The van der Waals surface area contributed by atoms with Gasteiger partial charge in [0.2, 0.25) is 5.88 Å². The molecule has 0 unspecified atom stereocenters. The number of nitrogens with zero attached hydrogens (tertiary/aromatic N) is 3. The first-order chi connectivity index (χ1) is 10.2. The maximum absolute atomic E-state index is 5.88. The zero-order chi connectivity index (χ0) is 15.2. The van der Waals surface area contributed by atoms with Crippen LogP contribution in [-0.2, 0) is 12.8 Å². The molecule has 116 valence electrons. The summed E-state index contributed by atoms with van der Waals surface area (Å²) in [5.74, 6) is 0.482. The number of hydrogen-bond acceptors (Lipinski definition) is 5. The molecule has 1 aromatic rings. The van der Waals surface area contributed by atoms with Gasteiger partial charge in [0.15, 0.2) is 0 Å². The molecule has 0 aromatic carbocycles. The summed E-state index contributed by atoms with van der Waals surface area (Å²) in [6.07, 6.45) is 4.21. The summed E-state index contributed by atoms with van der Waals surface area (Å²) in [6.45, 7) is 7.96. The number of likely N-dealkylation sites (tertiary alicyclic amines) is 1. The molecular weight excluding hydrogens is 284 g/mol. The Morgan fingerprint density at radius 2 is 1.95 bits per heavy atom. The molecule has 1 aliphatic heterocycles. The van der Waals surface area contributed by atoms with Crippen LogP contribution in [-0.4, -0.2) is 46.3 Å². The number of nitrogens with two attached hydrogens (primary N) is 1. The van der Waals surface area contributed by atoms with Gasteiger partial charge < -0.3 is 10.5 Å².